The number of carbonyl (C=O) groups excluding carboxylic acids is 1. The summed E-state index contributed by atoms with van der Waals surface area (Å²) in [5.74, 6) is -0.225. The summed E-state index contributed by atoms with van der Waals surface area (Å²) in [7, 11) is -4.34. The summed E-state index contributed by atoms with van der Waals surface area (Å²) in [6.45, 7) is 3.96. The van der Waals surface area contributed by atoms with Gasteiger partial charge in [0, 0.05) is 13.0 Å². The molecule has 42 heavy (non-hydrogen) atoms. The number of aliphatic hydroxyl groups excluding tert-OH is 1. The molecule has 0 saturated carbocycles. The molecule has 0 aromatic carbocycles. The molecule has 0 aliphatic carbocycles. The fourth-order valence-corrected chi connectivity index (χ4v) is 4.83. The van der Waals surface area contributed by atoms with E-state index in [1.165, 1.54) is 25.7 Å². The summed E-state index contributed by atoms with van der Waals surface area (Å²) < 4.78 is 21.9. The lowest BCUT2D eigenvalue weighted by Crippen LogP contribution is -2.45. The van der Waals surface area contributed by atoms with Crippen molar-refractivity contribution in [2.24, 2.45) is 5.73 Å². The van der Waals surface area contributed by atoms with E-state index in [2.05, 4.69) is 55.6 Å². The molecule has 0 radical (unpaired) electrons. The van der Waals surface area contributed by atoms with E-state index in [4.69, 9.17) is 14.8 Å². The number of carbonyl (C=O) groups is 1. The third-order valence-corrected chi connectivity index (χ3v) is 7.59. The second-order valence-electron chi connectivity index (χ2n) is 10.6. The molecule has 0 saturated heterocycles. The number of aliphatic hydroxyl groups is 1. The van der Waals surface area contributed by atoms with E-state index in [-0.39, 0.29) is 25.7 Å². The Balaban J connectivity index is 4.54. The van der Waals surface area contributed by atoms with Crippen molar-refractivity contribution in [2.75, 3.05) is 19.8 Å². The smallest absolute Gasteiger partial charge is 0.387 e. The van der Waals surface area contributed by atoms with E-state index in [0.717, 1.165) is 77.0 Å². The monoisotopic (exact) mass is 612 g/mol. The maximum atomic E-state index is 12.6. The number of phosphoric ester groups is 1. The summed E-state index contributed by atoms with van der Waals surface area (Å²) in [6, 6.07) is -0.884. The second-order valence-corrected chi connectivity index (χ2v) is 12.1. The second kappa shape index (κ2) is 29.5. The molecule has 0 spiro atoms. The zero-order valence-electron chi connectivity index (χ0n) is 26.5. The molecule has 0 fully saturated rings. The van der Waals surface area contributed by atoms with Crippen LogP contribution in [-0.4, -0.2) is 47.8 Å². The first-order valence-electron chi connectivity index (χ1n) is 16.3. The van der Waals surface area contributed by atoms with E-state index in [1.54, 1.807) is 6.08 Å². The first kappa shape index (κ1) is 40.5. The Morgan fingerprint density at radius 1 is 0.762 bits per heavy atom. The standard InChI is InChI=1S/C33H61N2O6P/c1-3-5-7-9-11-13-15-17-18-20-22-24-26-32(36)31(30-41-42(38,39)40-29-28-34)35-33(37)27-25-23-21-19-16-14-12-10-8-6-4-2/h9-12,17-18,24,26,31-32,36H,3-8,13-16,19-23,25,27-30,34H2,1-2H3,(H,35,37)(H,38,39)/b11-9+,12-10-,18-17+,26-24+. The van der Waals surface area contributed by atoms with E-state index in [1.807, 2.05) is 6.08 Å². The van der Waals surface area contributed by atoms with Crippen molar-refractivity contribution >= 4 is 13.7 Å². The number of hydrogen-bond acceptors (Lipinski definition) is 6. The van der Waals surface area contributed by atoms with Gasteiger partial charge in [0.05, 0.1) is 25.4 Å². The largest absolute Gasteiger partial charge is 0.472 e. The summed E-state index contributed by atoms with van der Waals surface area (Å²) in [6.07, 6.45) is 33.0. The Hall–Kier alpha value is -1.54. The van der Waals surface area contributed by atoms with Crippen LogP contribution in [0.1, 0.15) is 123 Å². The number of unbranched alkanes of at least 4 members (excludes halogenated alkanes) is 11. The molecule has 8 nitrogen and oxygen atoms in total. The number of allylic oxidation sites excluding steroid dienone is 7. The molecule has 9 heteroatoms. The summed E-state index contributed by atoms with van der Waals surface area (Å²) in [5, 5.41) is 13.5. The van der Waals surface area contributed by atoms with Crippen molar-refractivity contribution in [3.05, 3.63) is 48.6 Å². The van der Waals surface area contributed by atoms with Crippen molar-refractivity contribution < 1.29 is 28.4 Å². The molecule has 0 heterocycles. The maximum Gasteiger partial charge on any atom is 0.472 e. The molecule has 0 rings (SSSR count). The van der Waals surface area contributed by atoms with Crippen molar-refractivity contribution in [1.29, 1.82) is 0 Å². The van der Waals surface area contributed by atoms with Gasteiger partial charge in [0.25, 0.3) is 0 Å². The summed E-state index contributed by atoms with van der Waals surface area (Å²) in [5.41, 5.74) is 5.33. The Morgan fingerprint density at radius 3 is 1.83 bits per heavy atom. The highest BCUT2D eigenvalue weighted by Gasteiger charge is 2.26. The Labute approximate surface area is 256 Å². The van der Waals surface area contributed by atoms with E-state index in [9.17, 15) is 19.4 Å². The zero-order valence-corrected chi connectivity index (χ0v) is 27.4. The number of phosphoric acid groups is 1. The lowest BCUT2D eigenvalue weighted by molar-refractivity contribution is -0.123. The third kappa shape index (κ3) is 27.3. The van der Waals surface area contributed by atoms with Crippen LogP contribution in [0.4, 0.5) is 0 Å². The van der Waals surface area contributed by atoms with Gasteiger partial charge >= 0.3 is 7.82 Å². The van der Waals surface area contributed by atoms with Crippen LogP contribution >= 0.6 is 7.82 Å². The van der Waals surface area contributed by atoms with Gasteiger partial charge in [0.2, 0.25) is 5.91 Å². The van der Waals surface area contributed by atoms with Gasteiger partial charge in [-0.15, -0.1) is 0 Å². The lowest BCUT2D eigenvalue weighted by Gasteiger charge is -2.23. The Morgan fingerprint density at radius 2 is 1.26 bits per heavy atom. The first-order valence-corrected chi connectivity index (χ1v) is 17.8. The Bertz CT molecular complexity index is 799. The Kier molecular flexibility index (Phi) is 28.4. The van der Waals surface area contributed by atoms with Gasteiger partial charge in [-0.25, -0.2) is 4.57 Å². The average Bonchev–Trinajstić information content (AvgIpc) is 2.97. The zero-order chi connectivity index (χ0) is 31.2. The molecule has 5 N–H and O–H groups in total. The molecule has 1 amide bonds. The van der Waals surface area contributed by atoms with Crippen molar-refractivity contribution in [1.82, 2.24) is 5.32 Å². The fourth-order valence-electron chi connectivity index (χ4n) is 4.07. The number of amides is 1. The predicted octanol–water partition coefficient (Wildman–Crippen LogP) is 7.82. The van der Waals surface area contributed by atoms with Crippen LogP contribution < -0.4 is 11.1 Å². The minimum absolute atomic E-state index is 0.0687. The van der Waals surface area contributed by atoms with Gasteiger partial charge in [-0.05, 0) is 57.8 Å². The van der Waals surface area contributed by atoms with Gasteiger partial charge in [-0.2, -0.15) is 0 Å². The van der Waals surface area contributed by atoms with Crippen molar-refractivity contribution in [3.63, 3.8) is 0 Å². The van der Waals surface area contributed by atoms with Crippen LogP contribution in [0.15, 0.2) is 48.6 Å². The van der Waals surface area contributed by atoms with Gasteiger partial charge in [-0.1, -0.05) is 107 Å². The number of hydrogen-bond donors (Lipinski definition) is 4. The SMILES string of the molecule is CCCC/C=C\CCCCCCCC(=O)NC(COP(=O)(O)OCCN)C(O)/C=C/CC/C=C/CC/C=C/CCCC. The average molecular weight is 613 g/mol. The predicted molar refractivity (Wildman–Crippen MR) is 175 cm³/mol. The molecule has 3 atom stereocenters. The highest BCUT2D eigenvalue weighted by molar-refractivity contribution is 7.47. The van der Waals surface area contributed by atoms with Crippen molar-refractivity contribution in [3.8, 4) is 0 Å². The molecule has 0 aromatic heterocycles. The van der Waals surface area contributed by atoms with Gasteiger partial charge in [0.1, 0.15) is 0 Å². The van der Waals surface area contributed by atoms with Crippen molar-refractivity contribution in [2.45, 2.75) is 135 Å². The third-order valence-electron chi connectivity index (χ3n) is 6.60. The van der Waals surface area contributed by atoms with Gasteiger partial charge < -0.3 is 21.1 Å². The molecule has 0 aliphatic rings. The maximum absolute atomic E-state index is 12.6. The first-order chi connectivity index (χ1) is 20.4. The minimum Gasteiger partial charge on any atom is -0.387 e. The van der Waals surface area contributed by atoms with E-state index < -0.39 is 20.0 Å². The molecular weight excluding hydrogens is 551 g/mol. The molecular formula is C33H61N2O6P. The van der Waals surface area contributed by atoms with Crippen LogP contribution in [0.2, 0.25) is 0 Å². The normalized spacial score (nSPS) is 15.3. The summed E-state index contributed by atoms with van der Waals surface area (Å²) in [4.78, 5) is 22.4. The van der Waals surface area contributed by atoms with Crippen LogP contribution in [-0.2, 0) is 18.4 Å². The van der Waals surface area contributed by atoms with Crippen LogP contribution in [0, 0.1) is 0 Å². The molecule has 244 valence electrons. The molecule has 0 bridgehead atoms. The highest BCUT2D eigenvalue weighted by Crippen LogP contribution is 2.43. The topological polar surface area (TPSA) is 131 Å². The minimum atomic E-state index is -4.34. The molecule has 0 aromatic rings. The lowest BCUT2D eigenvalue weighted by atomic mass is 10.1. The van der Waals surface area contributed by atoms with Crippen LogP contribution in [0.3, 0.4) is 0 Å². The highest BCUT2D eigenvalue weighted by atomic mass is 31.2. The van der Waals surface area contributed by atoms with E-state index >= 15 is 0 Å². The summed E-state index contributed by atoms with van der Waals surface area (Å²) >= 11 is 0. The quantitative estimate of drug-likeness (QED) is 0.0385. The van der Waals surface area contributed by atoms with Gasteiger partial charge in [0.15, 0.2) is 0 Å². The molecule has 3 unspecified atom stereocenters. The van der Waals surface area contributed by atoms with E-state index in [0.29, 0.717) is 6.42 Å². The number of nitrogens with one attached hydrogen (secondary N) is 1. The fraction of sp³-hybridized carbons (Fsp3) is 0.727. The number of rotatable bonds is 29. The number of nitrogens with two attached hydrogens (primary N) is 1. The van der Waals surface area contributed by atoms with Crippen LogP contribution in [0.25, 0.3) is 0 Å². The van der Waals surface area contributed by atoms with Gasteiger partial charge in [-0.3, -0.25) is 13.8 Å². The molecule has 0 aliphatic heterocycles. The van der Waals surface area contributed by atoms with Crippen LogP contribution in [0.5, 0.6) is 0 Å².